The van der Waals surface area contributed by atoms with E-state index in [2.05, 4.69) is 4.98 Å². The summed E-state index contributed by atoms with van der Waals surface area (Å²) in [6, 6.07) is 10.1. The van der Waals surface area contributed by atoms with Crippen molar-refractivity contribution >= 4 is 17.4 Å². The molecule has 1 amide bonds. The van der Waals surface area contributed by atoms with E-state index in [1.165, 1.54) is 42.8 Å². The maximum Gasteiger partial charge on any atom is 0.296 e. The van der Waals surface area contributed by atoms with Gasteiger partial charge >= 0.3 is 0 Å². The van der Waals surface area contributed by atoms with E-state index in [4.69, 9.17) is 9.15 Å². The smallest absolute Gasteiger partial charge is 0.296 e. The number of hydrogen-bond donors (Lipinski definition) is 2. The number of Topliss-reactive ketones (excluding diaryl/α,β-unsaturated/α-hetero) is 1. The Kier molecular flexibility index (Phi) is 4.97. The van der Waals surface area contributed by atoms with Gasteiger partial charge in [-0.3, -0.25) is 14.6 Å². The van der Waals surface area contributed by atoms with E-state index < -0.39 is 17.7 Å². The van der Waals surface area contributed by atoms with Crippen molar-refractivity contribution in [3.8, 4) is 11.5 Å². The molecular weight excluding hydrogens is 388 g/mol. The normalized spacial score (nSPS) is 18.0. The first-order chi connectivity index (χ1) is 14.5. The maximum atomic E-state index is 12.9. The Labute approximate surface area is 171 Å². The van der Waals surface area contributed by atoms with Gasteiger partial charge < -0.3 is 24.3 Å². The molecule has 152 valence electrons. The molecule has 2 N–H and O–H groups in total. The summed E-state index contributed by atoms with van der Waals surface area (Å²) in [6.45, 7) is 0.0263. The van der Waals surface area contributed by atoms with E-state index in [1.807, 2.05) is 0 Å². The van der Waals surface area contributed by atoms with Gasteiger partial charge in [-0.1, -0.05) is 6.07 Å². The number of phenolic OH excluding ortho intramolecular Hbond substituents is 1. The number of methoxy groups -OCH3 is 1. The lowest BCUT2D eigenvalue weighted by Crippen LogP contribution is -2.29. The van der Waals surface area contributed by atoms with Crippen molar-refractivity contribution in [2.75, 3.05) is 7.11 Å². The Morgan fingerprint density at radius 1 is 1.20 bits per heavy atom. The number of aromatic hydroxyl groups is 1. The summed E-state index contributed by atoms with van der Waals surface area (Å²) in [5, 5.41) is 20.9. The van der Waals surface area contributed by atoms with Gasteiger partial charge in [0.05, 0.1) is 31.5 Å². The molecule has 1 fully saturated rings. The molecule has 0 radical (unpaired) electrons. The first-order valence-corrected chi connectivity index (χ1v) is 9.09. The number of carbonyl (C=O) groups excluding carboxylic acids is 2. The number of amides is 1. The second-order valence-corrected chi connectivity index (χ2v) is 6.67. The van der Waals surface area contributed by atoms with Crippen molar-refractivity contribution in [3.63, 3.8) is 0 Å². The van der Waals surface area contributed by atoms with Crippen molar-refractivity contribution in [2.24, 2.45) is 0 Å². The fourth-order valence-electron chi connectivity index (χ4n) is 3.49. The summed E-state index contributed by atoms with van der Waals surface area (Å²) in [4.78, 5) is 31.0. The molecule has 8 nitrogen and oxygen atoms in total. The highest BCUT2D eigenvalue weighted by molar-refractivity contribution is 6.46. The molecule has 4 rings (SSSR count). The first-order valence-electron chi connectivity index (χ1n) is 9.09. The minimum atomic E-state index is -0.905. The number of aliphatic hydroxyl groups is 1. The van der Waals surface area contributed by atoms with Crippen molar-refractivity contribution in [3.05, 3.63) is 83.6 Å². The second-order valence-electron chi connectivity index (χ2n) is 6.67. The quantitative estimate of drug-likeness (QED) is 0.380. The standard InChI is InChI=1S/C22H18N2O6/c1-29-17-11-14(4-5-16(17)25)19-18(20(26)13-6-8-23-9-7-13)21(27)22(28)24(19)12-15-3-2-10-30-15/h2-11,19,25-26H,12H2,1H3/b20-18+. The predicted octanol–water partition coefficient (Wildman–Crippen LogP) is 3.01. The van der Waals surface area contributed by atoms with Crippen LogP contribution in [0.25, 0.3) is 5.76 Å². The molecule has 0 spiro atoms. The van der Waals surface area contributed by atoms with Gasteiger partial charge in [0.1, 0.15) is 11.5 Å². The van der Waals surface area contributed by atoms with Crippen LogP contribution in [0.3, 0.4) is 0 Å². The minimum Gasteiger partial charge on any atom is -0.507 e. The lowest BCUT2D eigenvalue weighted by molar-refractivity contribution is -0.140. The molecule has 2 aromatic heterocycles. The van der Waals surface area contributed by atoms with Crippen LogP contribution in [-0.2, 0) is 16.1 Å². The summed E-state index contributed by atoms with van der Waals surface area (Å²) in [7, 11) is 1.40. The lowest BCUT2D eigenvalue weighted by Gasteiger charge is -2.25. The Hall–Kier alpha value is -4.07. The fraction of sp³-hybridized carbons (Fsp3) is 0.136. The molecule has 30 heavy (non-hydrogen) atoms. The predicted molar refractivity (Wildman–Crippen MR) is 105 cm³/mol. The van der Waals surface area contributed by atoms with Crippen molar-refractivity contribution in [1.29, 1.82) is 0 Å². The molecule has 0 aliphatic carbocycles. The van der Waals surface area contributed by atoms with Crippen LogP contribution >= 0.6 is 0 Å². The number of benzene rings is 1. The topological polar surface area (TPSA) is 113 Å². The fourth-order valence-corrected chi connectivity index (χ4v) is 3.49. The summed E-state index contributed by atoms with van der Waals surface area (Å²) in [5.41, 5.74) is 0.785. The Morgan fingerprint density at radius 2 is 1.97 bits per heavy atom. The van der Waals surface area contributed by atoms with Gasteiger partial charge in [0.2, 0.25) is 0 Å². The molecule has 1 aliphatic rings. The number of likely N-dealkylation sites (tertiary alicyclic amines) is 1. The molecule has 1 aromatic carbocycles. The zero-order chi connectivity index (χ0) is 21.3. The average Bonchev–Trinajstić information content (AvgIpc) is 3.37. The third-order valence-electron chi connectivity index (χ3n) is 4.92. The first kappa shape index (κ1) is 19.3. The maximum absolute atomic E-state index is 12.9. The molecule has 8 heteroatoms. The Balaban J connectivity index is 1.89. The van der Waals surface area contributed by atoms with Crippen LogP contribution in [0, 0.1) is 0 Å². The SMILES string of the molecule is COc1cc(C2/C(=C(\O)c3ccncc3)C(=O)C(=O)N2Cc2ccco2)ccc1O. The summed E-state index contributed by atoms with van der Waals surface area (Å²) in [6.07, 6.45) is 4.43. The van der Waals surface area contributed by atoms with E-state index in [-0.39, 0.29) is 29.4 Å². The largest absolute Gasteiger partial charge is 0.507 e. The van der Waals surface area contributed by atoms with E-state index in [0.29, 0.717) is 16.9 Å². The van der Waals surface area contributed by atoms with Gasteiger partial charge in [-0.25, -0.2) is 0 Å². The highest BCUT2D eigenvalue weighted by Crippen LogP contribution is 2.42. The number of furan rings is 1. The minimum absolute atomic E-state index is 0.0263. The highest BCUT2D eigenvalue weighted by Gasteiger charge is 2.46. The molecule has 1 aliphatic heterocycles. The van der Waals surface area contributed by atoms with Crippen molar-refractivity contribution in [1.82, 2.24) is 9.88 Å². The molecule has 0 saturated carbocycles. The van der Waals surface area contributed by atoms with Crippen LogP contribution < -0.4 is 4.74 Å². The number of aliphatic hydroxyl groups excluding tert-OH is 1. The number of aromatic nitrogens is 1. The van der Waals surface area contributed by atoms with Gasteiger partial charge in [0.25, 0.3) is 11.7 Å². The molecular formula is C22H18N2O6. The number of ketones is 1. The molecule has 3 heterocycles. The van der Waals surface area contributed by atoms with Crippen molar-refractivity contribution in [2.45, 2.75) is 12.6 Å². The van der Waals surface area contributed by atoms with E-state index in [9.17, 15) is 19.8 Å². The van der Waals surface area contributed by atoms with Crippen LogP contribution in [0.5, 0.6) is 11.5 Å². The van der Waals surface area contributed by atoms with Gasteiger partial charge in [-0.05, 0) is 42.0 Å². The van der Waals surface area contributed by atoms with E-state index in [1.54, 1.807) is 30.3 Å². The van der Waals surface area contributed by atoms with Gasteiger partial charge in [0, 0.05) is 18.0 Å². The zero-order valence-electron chi connectivity index (χ0n) is 16.0. The average molecular weight is 406 g/mol. The summed E-state index contributed by atoms with van der Waals surface area (Å²) < 4.78 is 10.5. The van der Waals surface area contributed by atoms with Gasteiger partial charge in [0.15, 0.2) is 11.5 Å². The number of rotatable bonds is 5. The number of pyridine rings is 1. The van der Waals surface area contributed by atoms with Gasteiger partial charge in [-0.15, -0.1) is 0 Å². The molecule has 1 saturated heterocycles. The lowest BCUT2D eigenvalue weighted by atomic mass is 9.95. The third kappa shape index (κ3) is 3.28. The summed E-state index contributed by atoms with van der Waals surface area (Å²) >= 11 is 0. The number of ether oxygens (including phenoxy) is 1. The summed E-state index contributed by atoms with van der Waals surface area (Å²) in [5.74, 6) is -1.31. The highest BCUT2D eigenvalue weighted by atomic mass is 16.5. The second kappa shape index (κ2) is 7.75. The van der Waals surface area contributed by atoms with E-state index in [0.717, 1.165) is 0 Å². The van der Waals surface area contributed by atoms with Crippen LogP contribution in [0.4, 0.5) is 0 Å². The monoisotopic (exact) mass is 406 g/mol. The number of nitrogens with zero attached hydrogens (tertiary/aromatic N) is 2. The third-order valence-corrected chi connectivity index (χ3v) is 4.92. The zero-order valence-corrected chi connectivity index (χ0v) is 16.0. The van der Waals surface area contributed by atoms with Crippen LogP contribution in [0.1, 0.15) is 22.9 Å². The molecule has 1 atom stereocenters. The number of hydrogen-bond acceptors (Lipinski definition) is 7. The molecule has 0 bridgehead atoms. The number of phenols is 1. The van der Waals surface area contributed by atoms with Crippen LogP contribution in [0.15, 0.2) is 71.1 Å². The van der Waals surface area contributed by atoms with E-state index >= 15 is 0 Å². The molecule has 3 aromatic rings. The van der Waals surface area contributed by atoms with Crippen LogP contribution in [0.2, 0.25) is 0 Å². The van der Waals surface area contributed by atoms with Crippen molar-refractivity contribution < 1.29 is 29.0 Å². The van der Waals surface area contributed by atoms with Crippen LogP contribution in [-0.4, -0.2) is 38.9 Å². The molecule has 1 unspecified atom stereocenters. The number of carbonyl (C=O) groups is 2. The Bertz CT molecular complexity index is 1120. The Morgan fingerprint density at radius 3 is 2.63 bits per heavy atom. The van der Waals surface area contributed by atoms with Gasteiger partial charge in [-0.2, -0.15) is 0 Å².